The summed E-state index contributed by atoms with van der Waals surface area (Å²) in [5.41, 5.74) is 1.31. The molecule has 0 aliphatic heterocycles. The van der Waals surface area contributed by atoms with Gasteiger partial charge in [-0.3, -0.25) is 4.79 Å². The van der Waals surface area contributed by atoms with Crippen LogP contribution in [0.2, 0.25) is 0 Å². The lowest BCUT2D eigenvalue weighted by Crippen LogP contribution is -2.26. The number of carbonyl (C=O) groups is 1. The minimum Gasteiger partial charge on any atom is -0.480 e. The van der Waals surface area contributed by atoms with Gasteiger partial charge in [-0.25, -0.2) is 9.97 Å². The maximum absolute atomic E-state index is 11.0. The molecular weight excluding hydrogens is 274 g/mol. The van der Waals surface area contributed by atoms with Crippen LogP contribution < -0.4 is 5.32 Å². The molecule has 5 nitrogen and oxygen atoms in total. The van der Waals surface area contributed by atoms with E-state index in [4.69, 9.17) is 5.11 Å². The summed E-state index contributed by atoms with van der Waals surface area (Å²) in [6.07, 6.45) is 4.79. The fourth-order valence-electron chi connectivity index (χ4n) is 2.65. The molecule has 0 saturated heterocycles. The van der Waals surface area contributed by atoms with Crippen LogP contribution in [0.5, 0.6) is 0 Å². The molecule has 3 rings (SSSR count). The van der Waals surface area contributed by atoms with Crippen molar-refractivity contribution in [1.82, 2.24) is 9.97 Å². The minimum absolute atomic E-state index is 0.650. The number of hydrogen-bond donors (Lipinski definition) is 2. The maximum atomic E-state index is 11.0. The van der Waals surface area contributed by atoms with Gasteiger partial charge in [0.1, 0.15) is 23.0 Å². The fourth-order valence-corrected chi connectivity index (χ4v) is 4.00. The second-order valence-corrected chi connectivity index (χ2v) is 6.54. The van der Waals surface area contributed by atoms with Gasteiger partial charge in [-0.05, 0) is 37.7 Å². The lowest BCUT2D eigenvalue weighted by molar-refractivity contribution is -0.137. The number of rotatable bonds is 3. The number of nitrogens with zero attached hydrogens (tertiary/aromatic N) is 2. The highest BCUT2D eigenvalue weighted by molar-refractivity contribution is 7.19. The summed E-state index contributed by atoms with van der Waals surface area (Å²) in [7, 11) is 0. The van der Waals surface area contributed by atoms with Crippen LogP contribution in [0.4, 0.5) is 5.82 Å². The molecule has 106 valence electrons. The quantitative estimate of drug-likeness (QED) is 0.909. The monoisotopic (exact) mass is 291 g/mol. The van der Waals surface area contributed by atoms with Crippen molar-refractivity contribution < 1.29 is 9.90 Å². The highest BCUT2D eigenvalue weighted by Crippen LogP contribution is 2.39. The molecule has 0 spiro atoms. The first-order valence-corrected chi connectivity index (χ1v) is 7.62. The molecule has 1 aliphatic carbocycles. The molecule has 2 heterocycles. The number of aromatic nitrogens is 2. The van der Waals surface area contributed by atoms with Crippen molar-refractivity contribution in [2.45, 2.75) is 39.2 Å². The predicted octanol–water partition coefficient (Wildman–Crippen LogP) is 2.70. The van der Waals surface area contributed by atoms with Gasteiger partial charge in [0.2, 0.25) is 0 Å². The number of nitrogens with one attached hydrogen (secondary N) is 1. The van der Waals surface area contributed by atoms with E-state index in [-0.39, 0.29) is 0 Å². The van der Waals surface area contributed by atoms with Gasteiger partial charge < -0.3 is 10.4 Å². The average molecular weight is 291 g/mol. The molecule has 0 radical (unpaired) electrons. The first kappa shape index (κ1) is 13.3. The molecule has 2 aromatic heterocycles. The summed E-state index contributed by atoms with van der Waals surface area (Å²) < 4.78 is 0. The Morgan fingerprint density at radius 2 is 2.35 bits per heavy atom. The Morgan fingerprint density at radius 3 is 3.10 bits per heavy atom. The zero-order chi connectivity index (χ0) is 14.3. The molecule has 0 bridgehead atoms. The SMILES string of the molecule is C[C@@H]1CCc2c(sc3ncnc(N[C@H](C)C(=O)O)c23)C1. The molecule has 6 heteroatoms. The van der Waals surface area contributed by atoms with Crippen molar-refractivity contribution in [1.29, 1.82) is 0 Å². The van der Waals surface area contributed by atoms with Gasteiger partial charge in [-0.2, -0.15) is 0 Å². The number of carboxylic acid groups (broad SMARTS) is 1. The van der Waals surface area contributed by atoms with Crippen molar-refractivity contribution >= 4 is 33.3 Å². The van der Waals surface area contributed by atoms with Gasteiger partial charge in [0.15, 0.2) is 0 Å². The van der Waals surface area contributed by atoms with Gasteiger partial charge >= 0.3 is 5.97 Å². The van der Waals surface area contributed by atoms with Crippen molar-refractivity contribution in [2.75, 3.05) is 5.32 Å². The van der Waals surface area contributed by atoms with Crippen molar-refractivity contribution in [3.8, 4) is 0 Å². The Kier molecular flexibility index (Phi) is 3.33. The Bertz CT molecular complexity index is 668. The number of hydrogen-bond acceptors (Lipinski definition) is 5. The third-order valence-corrected chi connectivity index (χ3v) is 4.98. The average Bonchev–Trinajstić information content (AvgIpc) is 2.76. The highest BCUT2D eigenvalue weighted by Gasteiger charge is 2.24. The Hall–Kier alpha value is -1.69. The van der Waals surface area contributed by atoms with Gasteiger partial charge in [0, 0.05) is 4.88 Å². The third kappa shape index (κ3) is 2.24. The number of thiophene rings is 1. The maximum Gasteiger partial charge on any atom is 0.325 e. The van der Waals surface area contributed by atoms with E-state index in [0.717, 1.165) is 23.1 Å². The molecule has 1 aliphatic rings. The standard InChI is InChI=1S/C14H17N3O2S/c1-7-3-4-9-10(5-7)20-13-11(9)12(15-6-16-13)17-8(2)14(18)19/h6-8H,3-5H2,1-2H3,(H,18,19)(H,15,16,17)/t7-,8-/m1/s1. The molecule has 2 aromatic rings. The Morgan fingerprint density at radius 1 is 1.55 bits per heavy atom. The van der Waals surface area contributed by atoms with Crippen LogP contribution in [-0.4, -0.2) is 27.1 Å². The lowest BCUT2D eigenvalue weighted by atomic mass is 9.89. The summed E-state index contributed by atoms with van der Waals surface area (Å²) >= 11 is 1.71. The molecule has 0 unspecified atom stereocenters. The molecular formula is C14H17N3O2S. The van der Waals surface area contributed by atoms with Crippen LogP contribution in [0.25, 0.3) is 10.2 Å². The third-order valence-electron chi connectivity index (χ3n) is 3.82. The van der Waals surface area contributed by atoms with Gasteiger partial charge in [-0.1, -0.05) is 6.92 Å². The number of aliphatic carboxylic acids is 1. The van der Waals surface area contributed by atoms with Crippen molar-refractivity contribution in [3.05, 3.63) is 16.8 Å². The summed E-state index contributed by atoms with van der Waals surface area (Å²) in [6.45, 7) is 3.89. The normalized spacial score (nSPS) is 19.6. The number of fused-ring (bicyclic) bond motifs is 3. The fraction of sp³-hybridized carbons (Fsp3) is 0.500. The van der Waals surface area contributed by atoms with Gasteiger partial charge in [-0.15, -0.1) is 11.3 Å². The van der Waals surface area contributed by atoms with Crippen LogP contribution in [0, 0.1) is 5.92 Å². The second kappa shape index (κ2) is 5.01. The summed E-state index contributed by atoms with van der Waals surface area (Å²) in [6, 6.07) is -0.661. The topological polar surface area (TPSA) is 75.1 Å². The Balaban J connectivity index is 2.07. The molecule has 0 amide bonds. The van der Waals surface area contributed by atoms with Crippen LogP contribution in [0.15, 0.2) is 6.33 Å². The second-order valence-electron chi connectivity index (χ2n) is 5.46. The molecule has 0 saturated carbocycles. The van der Waals surface area contributed by atoms with E-state index in [1.54, 1.807) is 18.3 Å². The predicted molar refractivity (Wildman–Crippen MR) is 79.3 cm³/mol. The van der Waals surface area contributed by atoms with E-state index in [2.05, 4.69) is 22.2 Å². The van der Waals surface area contributed by atoms with Crippen molar-refractivity contribution in [3.63, 3.8) is 0 Å². The van der Waals surface area contributed by atoms with E-state index in [1.165, 1.54) is 23.2 Å². The summed E-state index contributed by atoms with van der Waals surface area (Å²) in [4.78, 5) is 21.9. The van der Waals surface area contributed by atoms with E-state index >= 15 is 0 Å². The molecule has 20 heavy (non-hydrogen) atoms. The molecule has 0 fully saturated rings. The zero-order valence-corrected chi connectivity index (χ0v) is 12.3. The largest absolute Gasteiger partial charge is 0.480 e. The number of anilines is 1. The zero-order valence-electron chi connectivity index (χ0n) is 11.5. The first-order valence-electron chi connectivity index (χ1n) is 6.81. The number of aryl methyl sites for hydroxylation is 1. The Labute approximate surface area is 121 Å². The summed E-state index contributed by atoms with van der Waals surface area (Å²) in [5, 5.41) is 13.0. The lowest BCUT2D eigenvalue weighted by Gasteiger charge is -2.18. The molecule has 2 N–H and O–H groups in total. The van der Waals surface area contributed by atoms with E-state index < -0.39 is 12.0 Å². The van der Waals surface area contributed by atoms with E-state index in [1.807, 2.05) is 0 Å². The first-order chi connectivity index (χ1) is 9.56. The smallest absolute Gasteiger partial charge is 0.325 e. The van der Waals surface area contributed by atoms with Gasteiger partial charge in [0.05, 0.1) is 5.39 Å². The molecule has 0 aromatic carbocycles. The van der Waals surface area contributed by atoms with Crippen LogP contribution >= 0.6 is 11.3 Å². The van der Waals surface area contributed by atoms with Crippen molar-refractivity contribution in [2.24, 2.45) is 5.92 Å². The van der Waals surface area contributed by atoms with E-state index in [9.17, 15) is 4.79 Å². The van der Waals surface area contributed by atoms with E-state index in [0.29, 0.717) is 11.7 Å². The highest BCUT2D eigenvalue weighted by atomic mass is 32.1. The molecule has 2 atom stereocenters. The summed E-state index contributed by atoms with van der Waals surface area (Å²) in [5.74, 6) is 0.476. The van der Waals surface area contributed by atoms with Crippen LogP contribution in [-0.2, 0) is 17.6 Å². The number of carboxylic acids is 1. The van der Waals surface area contributed by atoms with Gasteiger partial charge in [0.25, 0.3) is 0 Å². The van der Waals surface area contributed by atoms with Crippen LogP contribution in [0.1, 0.15) is 30.7 Å². The minimum atomic E-state index is -0.880. The van der Waals surface area contributed by atoms with Crippen LogP contribution in [0.3, 0.4) is 0 Å².